The number of nitrogens with two attached hydrogens (primary N) is 1. The number of hydrogen-bond donors (Lipinski definition) is 2. The molecule has 1 aliphatic heterocycles. The molecule has 0 saturated heterocycles. The zero-order chi connectivity index (χ0) is 12.3. The normalized spacial score (nSPS) is 18.2. The summed E-state index contributed by atoms with van der Waals surface area (Å²) in [6.07, 6.45) is 1.07. The minimum absolute atomic E-state index is 0.0144. The summed E-state index contributed by atoms with van der Waals surface area (Å²) in [6, 6.07) is 7.94. The van der Waals surface area contributed by atoms with Crippen LogP contribution in [0.15, 0.2) is 24.3 Å². The Bertz CT molecular complexity index is 406. The molecule has 0 radical (unpaired) electrons. The molecule has 2 rings (SSSR count). The van der Waals surface area contributed by atoms with Crippen LogP contribution in [0.25, 0.3) is 0 Å². The van der Waals surface area contributed by atoms with Gasteiger partial charge in [-0.15, -0.1) is 0 Å². The van der Waals surface area contributed by atoms with Gasteiger partial charge in [0.2, 0.25) is 5.91 Å². The van der Waals surface area contributed by atoms with E-state index < -0.39 is 0 Å². The van der Waals surface area contributed by atoms with Crippen molar-refractivity contribution in [3.05, 3.63) is 29.8 Å². The monoisotopic (exact) mass is 234 g/mol. The predicted molar refractivity (Wildman–Crippen MR) is 66.9 cm³/mol. The van der Waals surface area contributed by atoms with Gasteiger partial charge in [-0.05, 0) is 24.6 Å². The number of aliphatic hydroxyl groups is 1. The van der Waals surface area contributed by atoms with Crippen LogP contribution in [0, 0.1) is 0 Å². The van der Waals surface area contributed by atoms with E-state index in [0.717, 1.165) is 12.1 Å². The van der Waals surface area contributed by atoms with Gasteiger partial charge in [-0.1, -0.05) is 18.2 Å². The van der Waals surface area contributed by atoms with Gasteiger partial charge >= 0.3 is 0 Å². The van der Waals surface area contributed by atoms with E-state index in [2.05, 4.69) is 6.07 Å². The zero-order valence-electron chi connectivity index (χ0n) is 9.80. The third-order valence-electron chi connectivity index (χ3n) is 3.21. The van der Waals surface area contributed by atoms with Crippen LogP contribution in [0.1, 0.15) is 24.3 Å². The molecular formula is C13H18N2O2. The number of carbonyl (C=O) groups excluding carboxylic acids is 1. The van der Waals surface area contributed by atoms with Gasteiger partial charge in [-0.2, -0.15) is 0 Å². The Morgan fingerprint density at radius 2 is 2.24 bits per heavy atom. The third-order valence-corrected chi connectivity index (χ3v) is 3.21. The van der Waals surface area contributed by atoms with E-state index in [1.54, 1.807) is 4.90 Å². The molecule has 4 heteroatoms. The van der Waals surface area contributed by atoms with Gasteiger partial charge < -0.3 is 15.7 Å². The molecule has 1 unspecified atom stereocenters. The Morgan fingerprint density at radius 1 is 1.47 bits per heavy atom. The molecule has 0 aromatic heterocycles. The molecule has 0 saturated carbocycles. The molecule has 0 aliphatic carbocycles. The second-order valence-corrected chi connectivity index (χ2v) is 4.31. The van der Waals surface area contributed by atoms with Crippen molar-refractivity contribution < 1.29 is 9.90 Å². The van der Waals surface area contributed by atoms with E-state index in [1.807, 2.05) is 18.2 Å². The van der Waals surface area contributed by atoms with Crippen LogP contribution in [0.3, 0.4) is 0 Å². The van der Waals surface area contributed by atoms with Crippen LogP contribution in [-0.4, -0.2) is 30.7 Å². The van der Waals surface area contributed by atoms with Crippen LogP contribution in [0.5, 0.6) is 0 Å². The molecule has 92 valence electrons. The van der Waals surface area contributed by atoms with Gasteiger partial charge in [-0.3, -0.25) is 4.79 Å². The van der Waals surface area contributed by atoms with E-state index in [9.17, 15) is 4.79 Å². The van der Waals surface area contributed by atoms with E-state index in [1.165, 1.54) is 5.56 Å². The molecule has 4 nitrogen and oxygen atoms in total. The molecule has 3 N–H and O–H groups in total. The number of benzene rings is 1. The fourth-order valence-electron chi connectivity index (χ4n) is 2.41. The van der Waals surface area contributed by atoms with Crippen LogP contribution in [0.2, 0.25) is 0 Å². The number of para-hydroxylation sites is 1. The average molecular weight is 234 g/mol. The molecule has 17 heavy (non-hydrogen) atoms. The van der Waals surface area contributed by atoms with Crippen LogP contribution in [-0.2, 0) is 4.79 Å². The molecule has 1 aromatic carbocycles. The minimum Gasteiger partial charge on any atom is -0.396 e. The standard InChI is InChI=1S/C13H18N2O2/c14-7-5-10-9-15(13(17)6-8-16)12-4-2-1-3-11(10)12/h1-4,10,16H,5-9,14H2. The smallest absolute Gasteiger partial charge is 0.229 e. The van der Waals surface area contributed by atoms with Crippen molar-refractivity contribution in [1.82, 2.24) is 0 Å². The summed E-state index contributed by atoms with van der Waals surface area (Å²) in [5.74, 6) is 0.318. The Labute approximate surface area is 101 Å². The molecule has 0 bridgehead atoms. The summed E-state index contributed by atoms with van der Waals surface area (Å²) in [6.45, 7) is 1.22. The summed E-state index contributed by atoms with van der Waals surface area (Å²) in [5, 5.41) is 8.85. The molecule has 1 aliphatic rings. The zero-order valence-corrected chi connectivity index (χ0v) is 9.80. The number of fused-ring (bicyclic) bond motifs is 1. The van der Waals surface area contributed by atoms with Crippen LogP contribution < -0.4 is 10.6 Å². The van der Waals surface area contributed by atoms with Gasteiger partial charge in [0, 0.05) is 18.2 Å². The number of anilines is 1. The summed E-state index contributed by atoms with van der Waals surface area (Å²) in [5.41, 5.74) is 7.78. The second kappa shape index (κ2) is 5.29. The average Bonchev–Trinajstić information content (AvgIpc) is 2.70. The first-order valence-corrected chi connectivity index (χ1v) is 5.98. The number of nitrogens with zero attached hydrogens (tertiary/aromatic N) is 1. The second-order valence-electron chi connectivity index (χ2n) is 4.31. The first kappa shape index (κ1) is 12.1. The maximum absolute atomic E-state index is 11.9. The predicted octanol–water partition coefficient (Wildman–Crippen LogP) is 0.848. The molecule has 0 fully saturated rings. The quantitative estimate of drug-likeness (QED) is 0.811. The van der Waals surface area contributed by atoms with Crippen molar-refractivity contribution in [3.63, 3.8) is 0 Å². The van der Waals surface area contributed by atoms with Gasteiger partial charge in [0.25, 0.3) is 0 Å². The molecule has 1 amide bonds. The number of rotatable bonds is 4. The van der Waals surface area contributed by atoms with Crippen LogP contribution >= 0.6 is 0 Å². The Morgan fingerprint density at radius 3 is 2.94 bits per heavy atom. The molecular weight excluding hydrogens is 216 g/mol. The summed E-state index contributed by atoms with van der Waals surface area (Å²) >= 11 is 0. The maximum Gasteiger partial charge on any atom is 0.229 e. The van der Waals surface area contributed by atoms with Gasteiger partial charge in [0.15, 0.2) is 0 Å². The fraction of sp³-hybridized carbons (Fsp3) is 0.462. The lowest BCUT2D eigenvalue weighted by Crippen LogP contribution is -2.30. The highest BCUT2D eigenvalue weighted by Gasteiger charge is 2.30. The third kappa shape index (κ3) is 2.33. The number of hydrogen-bond acceptors (Lipinski definition) is 3. The van der Waals surface area contributed by atoms with E-state index >= 15 is 0 Å². The maximum atomic E-state index is 11.9. The lowest BCUT2D eigenvalue weighted by atomic mass is 9.98. The van der Waals surface area contributed by atoms with Gasteiger partial charge in [0.05, 0.1) is 13.0 Å². The van der Waals surface area contributed by atoms with Crippen molar-refractivity contribution in [1.29, 1.82) is 0 Å². The Hall–Kier alpha value is -1.39. The highest BCUT2D eigenvalue weighted by molar-refractivity contribution is 5.95. The van der Waals surface area contributed by atoms with Gasteiger partial charge in [-0.25, -0.2) is 0 Å². The number of aliphatic hydroxyl groups excluding tert-OH is 1. The first-order chi connectivity index (χ1) is 8.27. The summed E-state index contributed by atoms with van der Waals surface area (Å²) in [7, 11) is 0. The number of carbonyl (C=O) groups is 1. The first-order valence-electron chi connectivity index (χ1n) is 5.98. The highest BCUT2D eigenvalue weighted by Crippen LogP contribution is 2.37. The Balaban J connectivity index is 2.25. The van der Waals surface area contributed by atoms with Crippen LogP contribution in [0.4, 0.5) is 5.69 Å². The molecule has 0 spiro atoms. The largest absolute Gasteiger partial charge is 0.396 e. The summed E-state index contributed by atoms with van der Waals surface area (Å²) in [4.78, 5) is 13.7. The van der Waals surface area contributed by atoms with E-state index in [0.29, 0.717) is 19.0 Å². The fourth-order valence-corrected chi connectivity index (χ4v) is 2.41. The van der Waals surface area contributed by atoms with Crippen molar-refractivity contribution in [3.8, 4) is 0 Å². The molecule has 1 aromatic rings. The molecule has 1 atom stereocenters. The van der Waals surface area contributed by atoms with Crippen molar-refractivity contribution in [2.75, 3.05) is 24.6 Å². The highest BCUT2D eigenvalue weighted by atomic mass is 16.3. The summed E-state index contributed by atoms with van der Waals surface area (Å²) < 4.78 is 0. The molecule has 1 heterocycles. The van der Waals surface area contributed by atoms with E-state index in [-0.39, 0.29) is 18.9 Å². The lowest BCUT2D eigenvalue weighted by molar-refractivity contribution is -0.119. The topological polar surface area (TPSA) is 66.6 Å². The lowest BCUT2D eigenvalue weighted by Gasteiger charge is -2.17. The Kier molecular flexibility index (Phi) is 3.76. The van der Waals surface area contributed by atoms with E-state index in [4.69, 9.17) is 10.8 Å². The van der Waals surface area contributed by atoms with Crippen molar-refractivity contribution in [2.24, 2.45) is 5.73 Å². The van der Waals surface area contributed by atoms with Crippen molar-refractivity contribution >= 4 is 11.6 Å². The van der Waals surface area contributed by atoms with Gasteiger partial charge in [0.1, 0.15) is 0 Å². The SMILES string of the molecule is NCCC1CN(C(=O)CCO)c2ccccc21. The minimum atomic E-state index is -0.0982. The number of amides is 1. The van der Waals surface area contributed by atoms with Crippen molar-refractivity contribution in [2.45, 2.75) is 18.8 Å².